The second-order valence-corrected chi connectivity index (χ2v) is 5.47. The van der Waals surface area contributed by atoms with Gasteiger partial charge in [0.25, 0.3) is 0 Å². The van der Waals surface area contributed by atoms with Crippen LogP contribution < -0.4 is 0 Å². The number of esters is 1. The fraction of sp³-hybridized carbons (Fsp3) is 0.500. The molecule has 0 aliphatic heterocycles. The molecule has 2 aromatic rings. The number of aromatic nitrogens is 2. The van der Waals surface area contributed by atoms with Crippen molar-refractivity contribution in [2.24, 2.45) is 0 Å². The third kappa shape index (κ3) is 3.42. The Morgan fingerprint density at radius 2 is 2.10 bits per heavy atom. The fourth-order valence-electron chi connectivity index (χ4n) is 2.35. The first-order valence-electron chi connectivity index (χ1n) is 7.31. The van der Waals surface area contributed by atoms with Crippen LogP contribution in [-0.4, -0.2) is 41.1 Å². The molecule has 1 aromatic carbocycles. The van der Waals surface area contributed by atoms with E-state index in [0.29, 0.717) is 13.2 Å². The van der Waals surface area contributed by atoms with E-state index >= 15 is 0 Å². The number of fused-ring (bicyclic) bond motifs is 1. The zero-order valence-electron chi connectivity index (χ0n) is 13.2. The average molecular weight is 289 g/mol. The van der Waals surface area contributed by atoms with E-state index in [1.807, 2.05) is 61.7 Å². The molecule has 1 aromatic heterocycles. The number of nitrogens with zero attached hydrogens (tertiary/aromatic N) is 3. The predicted molar refractivity (Wildman–Crippen MR) is 83.1 cm³/mol. The number of para-hydroxylation sites is 2. The van der Waals surface area contributed by atoms with E-state index in [1.54, 1.807) is 0 Å². The molecule has 0 radical (unpaired) electrons. The van der Waals surface area contributed by atoms with Gasteiger partial charge < -0.3 is 14.2 Å². The predicted octanol–water partition coefficient (Wildman–Crippen LogP) is 2.61. The number of carbonyl (C=O) groups is 1. The van der Waals surface area contributed by atoms with Gasteiger partial charge in [0.15, 0.2) is 0 Å². The van der Waals surface area contributed by atoms with Crippen molar-refractivity contribution in [2.75, 3.05) is 20.7 Å². The number of carbonyl (C=O) groups excluding carboxylic acids is 1. The lowest BCUT2D eigenvalue weighted by atomic mass is 10.2. The molecule has 0 aliphatic carbocycles. The number of hydrogen-bond acceptors (Lipinski definition) is 4. The number of benzene rings is 1. The van der Waals surface area contributed by atoms with Gasteiger partial charge in [-0.3, -0.25) is 0 Å². The Bertz CT molecular complexity index is 619. The van der Waals surface area contributed by atoms with Gasteiger partial charge in [0.1, 0.15) is 11.9 Å². The van der Waals surface area contributed by atoms with Gasteiger partial charge in [-0.15, -0.1) is 0 Å². The van der Waals surface area contributed by atoms with Gasteiger partial charge in [0.05, 0.1) is 24.2 Å². The number of rotatable bonds is 6. The fourth-order valence-corrected chi connectivity index (χ4v) is 2.35. The van der Waals surface area contributed by atoms with Gasteiger partial charge in [0.2, 0.25) is 0 Å². The maximum Gasteiger partial charge on any atom is 0.328 e. The Morgan fingerprint density at radius 3 is 2.76 bits per heavy atom. The number of hydrogen-bond donors (Lipinski definition) is 0. The summed E-state index contributed by atoms with van der Waals surface area (Å²) in [5, 5.41) is 0. The summed E-state index contributed by atoms with van der Waals surface area (Å²) >= 11 is 0. The van der Waals surface area contributed by atoms with Crippen LogP contribution in [0.15, 0.2) is 24.3 Å². The quantitative estimate of drug-likeness (QED) is 0.767. The second kappa shape index (κ2) is 6.72. The van der Waals surface area contributed by atoms with Crippen molar-refractivity contribution in [1.82, 2.24) is 14.5 Å². The van der Waals surface area contributed by atoms with Crippen LogP contribution in [0.3, 0.4) is 0 Å². The first-order valence-corrected chi connectivity index (χ1v) is 7.31. The van der Waals surface area contributed by atoms with Gasteiger partial charge in [-0.05, 0) is 39.6 Å². The van der Waals surface area contributed by atoms with E-state index in [9.17, 15) is 4.79 Å². The Kier molecular flexibility index (Phi) is 4.96. The van der Waals surface area contributed by atoms with Crippen molar-refractivity contribution >= 4 is 17.0 Å². The summed E-state index contributed by atoms with van der Waals surface area (Å²) in [6.07, 6.45) is 0.827. The zero-order chi connectivity index (χ0) is 15.4. The van der Waals surface area contributed by atoms with Crippen LogP contribution in [-0.2, 0) is 16.1 Å². The summed E-state index contributed by atoms with van der Waals surface area (Å²) < 4.78 is 7.26. The van der Waals surface area contributed by atoms with Crippen LogP contribution in [0.2, 0.25) is 0 Å². The molecule has 0 amide bonds. The van der Waals surface area contributed by atoms with Gasteiger partial charge >= 0.3 is 5.97 Å². The van der Waals surface area contributed by atoms with Crippen molar-refractivity contribution < 1.29 is 9.53 Å². The lowest BCUT2D eigenvalue weighted by Crippen LogP contribution is -2.23. The van der Waals surface area contributed by atoms with Crippen molar-refractivity contribution in [2.45, 2.75) is 32.9 Å². The highest BCUT2D eigenvalue weighted by atomic mass is 16.5. The van der Waals surface area contributed by atoms with Crippen molar-refractivity contribution in [3.63, 3.8) is 0 Å². The summed E-state index contributed by atoms with van der Waals surface area (Å²) in [5.41, 5.74) is 1.87. The summed E-state index contributed by atoms with van der Waals surface area (Å²) in [6, 6.07) is 7.50. The summed E-state index contributed by atoms with van der Waals surface area (Å²) in [7, 11) is 3.98. The van der Waals surface area contributed by atoms with E-state index in [1.165, 1.54) is 0 Å². The third-order valence-electron chi connectivity index (χ3n) is 3.30. The van der Waals surface area contributed by atoms with Crippen molar-refractivity contribution in [3.05, 3.63) is 30.1 Å². The Morgan fingerprint density at radius 1 is 1.38 bits per heavy atom. The lowest BCUT2D eigenvalue weighted by molar-refractivity contribution is -0.147. The molecular weight excluding hydrogens is 266 g/mol. The van der Waals surface area contributed by atoms with Crippen LogP contribution in [0.25, 0.3) is 11.0 Å². The molecule has 21 heavy (non-hydrogen) atoms. The van der Waals surface area contributed by atoms with Crippen LogP contribution in [0, 0.1) is 0 Å². The van der Waals surface area contributed by atoms with Gasteiger partial charge in [-0.1, -0.05) is 19.1 Å². The smallest absolute Gasteiger partial charge is 0.328 e. The normalized spacial score (nSPS) is 12.8. The van der Waals surface area contributed by atoms with E-state index < -0.39 is 0 Å². The van der Waals surface area contributed by atoms with E-state index in [-0.39, 0.29) is 12.0 Å². The topological polar surface area (TPSA) is 47.4 Å². The monoisotopic (exact) mass is 289 g/mol. The molecule has 2 rings (SSSR count). The molecule has 0 fully saturated rings. The van der Waals surface area contributed by atoms with Gasteiger partial charge in [-0.25, -0.2) is 9.78 Å². The molecule has 5 heteroatoms. The highest BCUT2D eigenvalue weighted by Crippen LogP contribution is 2.22. The van der Waals surface area contributed by atoms with Crippen LogP contribution in [0.5, 0.6) is 0 Å². The van der Waals surface area contributed by atoms with Gasteiger partial charge in [0, 0.05) is 0 Å². The minimum absolute atomic E-state index is 0.208. The summed E-state index contributed by atoms with van der Waals surface area (Å²) in [5.74, 6) is 0.669. The molecule has 1 heterocycles. The molecule has 0 spiro atoms. The maximum absolute atomic E-state index is 12.2. The van der Waals surface area contributed by atoms with Crippen molar-refractivity contribution in [3.8, 4) is 0 Å². The van der Waals surface area contributed by atoms with Gasteiger partial charge in [-0.2, -0.15) is 0 Å². The molecule has 1 unspecified atom stereocenters. The molecule has 114 valence electrons. The van der Waals surface area contributed by atoms with Crippen molar-refractivity contribution in [1.29, 1.82) is 0 Å². The first-order chi connectivity index (χ1) is 10.0. The highest BCUT2D eigenvalue weighted by Gasteiger charge is 2.22. The average Bonchev–Trinajstić information content (AvgIpc) is 2.80. The maximum atomic E-state index is 12.2. The minimum Gasteiger partial charge on any atom is -0.464 e. The molecule has 1 atom stereocenters. The van der Waals surface area contributed by atoms with E-state index in [2.05, 4.69) is 4.98 Å². The molecule has 0 saturated heterocycles. The SMILES string of the molecule is CCCOC(=O)C(C)n1c(CN(C)C)nc2ccccc21. The van der Waals surface area contributed by atoms with Crippen LogP contribution in [0.1, 0.15) is 32.1 Å². The highest BCUT2D eigenvalue weighted by molar-refractivity contribution is 5.81. The molecule has 0 saturated carbocycles. The first kappa shape index (κ1) is 15.5. The number of imidazole rings is 1. The second-order valence-electron chi connectivity index (χ2n) is 5.47. The molecule has 5 nitrogen and oxygen atoms in total. The third-order valence-corrected chi connectivity index (χ3v) is 3.30. The summed E-state index contributed by atoms with van der Waals surface area (Å²) in [4.78, 5) is 18.9. The van der Waals surface area contributed by atoms with E-state index in [4.69, 9.17) is 4.74 Å². The molecular formula is C16H23N3O2. The Labute approximate surface area is 125 Å². The minimum atomic E-state index is -0.376. The largest absolute Gasteiger partial charge is 0.464 e. The lowest BCUT2D eigenvalue weighted by Gasteiger charge is -2.18. The summed E-state index contributed by atoms with van der Waals surface area (Å²) in [6.45, 7) is 4.99. The van der Waals surface area contributed by atoms with E-state index in [0.717, 1.165) is 23.3 Å². The molecule has 0 aliphatic rings. The van der Waals surface area contributed by atoms with Crippen LogP contribution >= 0.6 is 0 Å². The standard InChI is InChI=1S/C16H23N3O2/c1-5-10-21-16(20)12(2)19-14-9-7-6-8-13(14)17-15(19)11-18(3)4/h6-9,12H,5,10-11H2,1-4H3. The Hall–Kier alpha value is -1.88. The molecule has 0 N–H and O–H groups in total. The molecule has 0 bridgehead atoms. The number of ether oxygens (including phenoxy) is 1. The Balaban J connectivity index is 2.41. The zero-order valence-corrected chi connectivity index (χ0v) is 13.2. The van der Waals surface area contributed by atoms with Crippen LogP contribution in [0.4, 0.5) is 0 Å².